The van der Waals surface area contributed by atoms with E-state index in [2.05, 4.69) is 13.8 Å². The molecule has 11 heavy (non-hydrogen) atoms. The van der Waals surface area contributed by atoms with Crippen LogP contribution in [0.4, 0.5) is 0 Å². The molecule has 64 valence electrons. The zero-order chi connectivity index (χ0) is 8.43. The minimum absolute atomic E-state index is 0.00574. The van der Waals surface area contributed by atoms with Crippen molar-refractivity contribution in [3.63, 3.8) is 0 Å². The van der Waals surface area contributed by atoms with Crippen molar-refractivity contribution in [2.24, 2.45) is 11.8 Å². The minimum Gasteiger partial charge on any atom is -0.462 e. The Morgan fingerprint density at radius 3 is 2.55 bits per heavy atom. The van der Waals surface area contributed by atoms with E-state index in [1.54, 1.807) is 0 Å². The van der Waals surface area contributed by atoms with Crippen LogP contribution in [0.2, 0.25) is 0 Å². The van der Waals surface area contributed by atoms with Crippen molar-refractivity contribution in [3.8, 4) is 0 Å². The van der Waals surface area contributed by atoms with E-state index in [1.807, 2.05) is 6.92 Å². The summed E-state index contributed by atoms with van der Waals surface area (Å²) >= 11 is 0. The average Bonchev–Trinajstić information content (AvgIpc) is 2.31. The van der Waals surface area contributed by atoms with E-state index in [0.717, 1.165) is 12.8 Å². The van der Waals surface area contributed by atoms with Gasteiger partial charge in [0.25, 0.3) is 0 Å². The van der Waals surface area contributed by atoms with E-state index >= 15 is 0 Å². The molecule has 2 atom stereocenters. The molecule has 0 aromatic rings. The molecule has 1 aliphatic heterocycles. The van der Waals surface area contributed by atoms with E-state index in [1.165, 1.54) is 0 Å². The van der Waals surface area contributed by atoms with Gasteiger partial charge in [-0.3, -0.25) is 4.79 Å². The number of carbonyl (C=O) groups excluding carboxylic acids is 1. The lowest BCUT2D eigenvalue weighted by Gasteiger charge is -2.11. The lowest BCUT2D eigenvalue weighted by atomic mass is 9.97. The summed E-state index contributed by atoms with van der Waals surface area (Å²) in [7, 11) is 0. The fraction of sp³-hybridized carbons (Fsp3) is 0.889. The molecule has 0 amide bonds. The molecule has 1 rings (SSSR count). The first-order chi connectivity index (χ1) is 5.15. The predicted octanol–water partition coefficient (Wildman–Crippen LogP) is 1.98. The standard InChI is InChI=1S/C9H16O2/c1-4-7-5-8(6(2)3)11-9(7)10/h6-8H,4-5H2,1-3H3/t7-,8+/m1/s1. The van der Waals surface area contributed by atoms with Gasteiger partial charge in [0.05, 0.1) is 5.92 Å². The second-order valence-electron chi connectivity index (χ2n) is 3.56. The Morgan fingerprint density at radius 2 is 2.27 bits per heavy atom. The molecule has 2 nitrogen and oxygen atoms in total. The van der Waals surface area contributed by atoms with Gasteiger partial charge in [0, 0.05) is 0 Å². The molecule has 0 aromatic heterocycles. The minimum atomic E-state index is 0.00574. The third-order valence-corrected chi connectivity index (χ3v) is 2.35. The van der Waals surface area contributed by atoms with Crippen molar-refractivity contribution in [3.05, 3.63) is 0 Å². The fourth-order valence-electron chi connectivity index (χ4n) is 1.41. The Bertz CT molecular complexity index is 152. The summed E-state index contributed by atoms with van der Waals surface area (Å²) in [5, 5.41) is 0. The van der Waals surface area contributed by atoms with Gasteiger partial charge in [0.2, 0.25) is 0 Å². The van der Waals surface area contributed by atoms with Gasteiger partial charge >= 0.3 is 5.97 Å². The normalized spacial score (nSPS) is 31.1. The first-order valence-corrected chi connectivity index (χ1v) is 4.35. The maximum absolute atomic E-state index is 11.1. The third kappa shape index (κ3) is 1.73. The summed E-state index contributed by atoms with van der Waals surface area (Å²) in [4.78, 5) is 11.1. The van der Waals surface area contributed by atoms with Crippen LogP contribution in [0.15, 0.2) is 0 Å². The number of hydrogen-bond donors (Lipinski definition) is 0. The van der Waals surface area contributed by atoms with Gasteiger partial charge in [-0.1, -0.05) is 20.8 Å². The van der Waals surface area contributed by atoms with Gasteiger partial charge < -0.3 is 4.74 Å². The van der Waals surface area contributed by atoms with Crippen molar-refractivity contribution in [1.82, 2.24) is 0 Å². The monoisotopic (exact) mass is 156 g/mol. The van der Waals surface area contributed by atoms with Gasteiger partial charge in [0.15, 0.2) is 0 Å². The van der Waals surface area contributed by atoms with Crippen molar-refractivity contribution < 1.29 is 9.53 Å². The molecule has 0 radical (unpaired) electrons. The molecule has 0 bridgehead atoms. The molecule has 1 fully saturated rings. The summed E-state index contributed by atoms with van der Waals surface area (Å²) in [5.74, 6) is 0.643. The Hall–Kier alpha value is -0.530. The number of esters is 1. The lowest BCUT2D eigenvalue weighted by molar-refractivity contribution is -0.145. The van der Waals surface area contributed by atoms with Gasteiger partial charge in [-0.05, 0) is 18.8 Å². The molecule has 1 saturated heterocycles. The summed E-state index contributed by atoms with van der Waals surface area (Å²) in [6.45, 7) is 6.22. The Morgan fingerprint density at radius 1 is 1.64 bits per heavy atom. The van der Waals surface area contributed by atoms with Gasteiger partial charge in [0.1, 0.15) is 6.10 Å². The van der Waals surface area contributed by atoms with Crippen LogP contribution in [0, 0.1) is 11.8 Å². The molecule has 0 spiro atoms. The second-order valence-corrected chi connectivity index (χ2v) is 3.56. The maximum Gasteiger partial charge on any atom is 0.309 e. The quantitative estimate of drug-likeness (QED) is 0.571. The number of cyclic esters (lactones) is 1. The molecular formula is C9H16O2. The van der Waals surface area contributed by atoms with Crippen molar-refractivity contribution in [2.75, 3.05) is 0 Å². The zero-order valence-electron chi connectivity index (χ0n) is 7.46. The average molecular weight is 156 g/mol. The van der Waals surface area contributed by atoms with Gasteiger partial charge in [-0.2, -0.15) is 0 Å². The van der Waals surface area contributed by atoms with Crippen molar-refractivity contribution in [2.45, 2.75) is 39.7 Å². The smallest absolute Gasteiger partial charge is 0.309 e. The van der Waals surface area contributed by atoms with Crippen LogP contribution in [0.25, 0.3) is 0 Å². The summed E-state index contributed by atoms with van der Waals surface area (Å²) in [6, 6.07) is 0. The number of rotatable bonds is 2. The zero-order valence-corrected chi connectivity index (χ0v) is 7.46. The van der Waals surface area contributed by atoms with Crippen LogP contribution in [-0.2, 0) is 9.53 Å². The first-order valence-electron chi connectivity index (χ1n) is 4.35. The van der Waals surface area contributed by atoms with E-state index in [9.17, 15) is 4.79 Å². The molecule has 0 aliphatic carbocycles. The molecule has 2 heteroatoms. The van der Waals surface area contributed by atoms with Gasteiger partial charge in [-0.15, -0.1) is 0 Å². The van der Waals surface area contributed by atoms with Crippen LogP contribution < -0.4 is 0 Å². The molecule has 0 N–H and O–H groups in total. The molecule has 1 aliphatic rings. The van der Waals surface area contributed by atoms with E-state index in [4.69, 9.17) is 4.74 Å². The second kappa shape index (κ2) is 3.24. The molecule has 0 saturated carbocycles. The highest BCUT2D eigenvalue weighted by atomic mass is 16.6. The van der Waals surface area contributed by atoms with E-state index in [0.29, 0.717) is 5.92 Å². The van der Waals surface area contributed by atoms with Crippen LogP contribution in [-0.4, -0.2) is 12.1 Å². The topological polar surface area (TPSA) is 26.3 Å². The number of ether oxygens (including phenoxy) is 1. The lowest BCUT2D eigenvalue weighted by Crippen LogP contribution is -2.13. The van der Waals surface area contributed by atoms with E-state index in [-0.39, 0.29) is 18.0 Å². The SMILES string of the molecule is CC[C@@H]1C[C@@H](C(C)C)OC1=O. The highest BCUT2D eigenvalue weighted by Crippen LogP contribution is 2.27. The Kier molecular flexibility index (Phi) is 2.53. The third-order valence-electron chi connectivity index (χ3n) is 2.35. The van der Waals surface area contributed by atoms with Gasteiger partial charge in [-0.25, -0.2) is 0 Å². The molecule has 0 aromatic carbocycles. The number of carbonyl (C=O) groups is 1. The highest BCUT2D eigenvalue weighted by Gasteiger charge is 2.34. The van der Waals surface area contributed by atoms with Crippen molar-refractivity contribution >= 4 is 5.97 Å². The van der Waals surface area contributed by atoms with E-state index < -0.39 is 0 Å². The first kappa shape index (κ1) is 8.57. The Balaban J connectivity index is 2.49. The summed E-state index contributed by atoms with van der Waals surface area (Å²) in [5.41, 5.74) is 0. The summed E-state index contributed by atoms with van der Waals surface area (Å²) < 4.78 is 5.19. The highest BCUT2D eigenvalue weighted by molar-refractivity contribution is 5.74. The molecule has 1 heterocycles. The fourth-order valence-corrected chi connectivity index (χ4v) is 1.41. The number of hydrogen-bond acceptors (Lipinski definition) is 2. The van der Waals surface area contributed by atoms with Crippen LogP contribution in [0.3, 0.4) is 0 Å². The summed E-state index contributed by atoms with van der Waals surface area (Å²) in [6.07, 6.45) is 2.02. The largest absolute Gasteiger partial charge is 0.462 e. The van der Waals surface area contributed by atoms with Crippen molar-refractivity contribution in [1.29, 1.82) is 0 Å². The molecule has 0 unspecified atom stereocenters. The maximum atomic E-state index is 11.1. The van der Waals surface area contributed by atoms with Crippen LogP contribution >= 0.6 is 0 Å². The van der Waals surface area contributed by atoms with Crippen LogP contribution in [0.1, 0.15) is 33.6 Å². The predicted molar refractivity (Wildman–Crippen MR) is 43.1 cm³/mol. The van der Waals surface area contributed by atoms with Crippen LogP contribution in [0.5, 0.6) is 0 Å². The Labute approximate surface area is 67.9 Å². The molecular weight excluding hydrogens is 140 g/mol.